The minimum Gasteiger partial charge on any atom is -0.306 e. The lowest BCUT2D eigenvalue weighted by atomic mass is 9.97. The summed E-state index contributed by atoms with van der Waals surface area (Å²) in [5.74, 6) is 1.28. The Morgan fingerprint density at radius 3 is 0.852 bits per heavy atom. The molecule has 0 amide bonds. The van der Waals surface area contributed by atoms with E-state index >= 15 is 0 Å². The average molecular weight is 1130 g/mol. The summed E-state index contributed by atoms with van der Waals surface area (Å²) in [7, 11) is 0. The summed E-state index contributed by atoms with van der Waals surface area (Å²) in [6.07, 6.45) is 0. The van der Waals surface area contributed by atoms with Gasteiger partial charge in [0.2, 0.25) is 0 Å². The topological polar surface area (TPSA) is 123 Å². The van der Waals surface area contributed by atoms with E-state index in [9.17, 15) is 15.8 Å². The van der Waals surface area contributed by atoms with Gasteiger partial charge in [0, 0.05) is 28.1 Å². The molecule has 410 valence electrons. The molecule has 10 nitrogen and oxygen atoms in total. The van der Waals surface area contributed by atoms with Gasteiger partial charge in [0.05, 0.1) is 91.8 Å². The highest BCUT2D eigenvalue weighted by Crippen LogP contribution is 2.58. The Morgan fingerprint density at radius 2 is 0.500 bits per heavy atom. The van der Waals surface area contributed by atoms with E-state index in [0.717, 1.165) is 118 Å². The Hall–Kier alpha value is -12.7. The molecule has 0 aliphatic carbocycles. The molecule has 0 atom stereocenters. The highest BCUT2D eigenvalue weighted by molar-refractivity contribution is 6.06. The summed E-state index contributed by atoms with van der Waals surface area (Å²) >= 11 is 0. The molecule has 10 heteroatoms. The molecule has 0 spiro atoms. The molecule has 3 heterocycles. The molecule has 0 radical (unpaired) electrons. The summed E-state index contributed by atoms with van der Waals surface area (Å²) < 4.78 is 0. The third-order valence-electron chi connectivity index (χ3n) is 16.2. The second kappa shape index (κ2) is 22.1. The first-order valence-corrected chi connectivity index (χ1v) is 28.8. The van der Waals surface area contributed by atoms with Crippen LogP contribution in [-0.4, -0.2) is 15.0 Å². The fourth-order valence-corrected chi connectivity index (χ4v) is 12.2. The molecule has 12 aromatic carbocycles. The van der Waals surface area contributed by atoms with Gasteiger partial charge >= 0.3 is 0 Å². The number of nitriles is 3. The van der Waals surface area contributed by atoms with Gasteiger partial charge in [-0.05, 0) is 167 Å². The van der Waals surface area contributed by atoms with E-state index in [1.54, 1.807) is 6.07 Å². The number of fused-ring (bicyclic) bond motifs is 4. The normalized spacial score (nSPS) is 12.0. The SMILES string of the molecule is N#Cc1cccc(-c2ccc(-c3nc(-c4ccc(-c5cccc(C#N)c5)cc4N4c5ccccc5N(c5ccccc5)c5ccccc54)nc(-c4ccc(-c5cccc(C#N)c5)cc4N4c5ccccc5N(c5ccccc5)c5ccccc54)n3)cc2)c1. The molecule has 0 saturated heterocycles. The maximum absolute atomic E-state index is 10.2. The Kier molecular flexibility index (Phi) is 13.1. The van der Waals surface area contributed by atoms with Crippen molar-refractivity contribution in [1.29, 1.82) is 15.8 Å². The van der Waals surface area contributed by atoms with Gasteiger partial charge in [0.15, 0.2) is 17.5 Å². The Labute approximate surface area is 509 Å². The molecule has 88 heavy (non-hydrogen) atoms. The van der Waals surface area contributed by atoms with Crippen molar-refractivity contribution in [2.75, 3.05) is 19.6 Å². The number of hydrogen-bond donors (Lipinski definition) is 0. The van der Waals surface area contributed by atoms with Crippen LogP contribution in [0.4, 0.5) is 68.2 Å². The second-order valence-electron chi connectivity index (χ2n) is 21.4. The molecule has 1 aromatic heterocycles. The predicted molar refractivity (Wildman–Crippen MR) is 352 cm³/mol. The number of nitrogens with zero attached hydrogens (tertiary/aromatic N) is 10. The predicted octanol–water partition coefficient (Wildman–Crippen LogP) is 20.0. The zero-order valence-corrected chi connectivity index (χ0v) is 47.2. The van der Waals surface area contributed by atoms with E-state index in [2.05, 4.69) is 220 Å². The van der Waals surface area contributed by atoms with Crippen LogP contribution in [0.2, 0.25) is 0 Å². The summed E-state index contributed by atoms with van der Waals surface area (Å²) in [6, 6.07) is 105. The van der Waals surface area contributed by atoms with E-state index in [4.69, 9.17) is 15.0 Å². The smallest absolute Gasteiger partial charge is 0.166 e. The van der Waals surface area contributed by atoms with E-state index in [1.807, 2.05) is 103 Å². The first-order chi connectivity index (χ1) is 43.5. The van der Waals surface area contributed by atoms with Crippen LogP contribution in [0.15, 0.2) is 291 Å². The molecule has 0 saturated carbocycles. The lowest BCUT2D eigenvalue weighted by Crippen LogP contribution is -2.24. The fourth-order valence-electron chi connectivity index (χ4n) is 12.2. The summed E-state index contributed by atoms with van der Waals surface area (Å²) in [4.78, 5) is 26.0. The quantitative estimate of drug-likeness (QED) is 0.131. The van der Waals surface area contributed by atoms with Crippen LogP contribution in [0, 0.1) is 34.0 Å². The molecule has 0 bridgehead atoms. The van der Waals surface area contributed by atoms with Crippen LogP contribution in [0.25, 0.3) is 67.5 Å². The molecule has 0 unspecified atom stereocenters. The van der Waals surface area contributed by atoms with Gasteiger partial charge in [0.1, 0.15) is 0 Å². The monoisotopic (exact) mass is 1120 g/mol. The van der Waals surface area contributed by atoms with Gasteiger partial charge in [-0.3, -0.25) is 0 Å². The van der Waals surface area contributed by atoms with Crippen molar-refractivity contribution in [1.82, 2.24) is 15.0 Å². The lowest BCUT2D eigenvalue weighted by Gasteiger charge is -2.41. The first-order valence-electron chi connectivity index (χ1n) is 28.8. The van der Waals surface area contributed by atoms with Crippen molar-refractivity contribution < 1.29 is 0 Å². The summed E-state index contributed by atoms with van der Waals surface area (Å²) in [5, 5.41) is 30.2. The van der Waals surface area contributed by atoms with Crippen LogP contribution in [0.3, 0.4) is 0 Å². The molecule has 0 N–H and O–H groups in total. The zero-order valence-electron chi connectivity index (χ0n) is 47.2. The number of anilines is 12. The van der Waals surface area contributed by atoms with Gasteiger partial charge in [-0.2, -0.15) is 15.8 Å². The van der Waals surface area contributed by atoms with Crippen LogP contribution in [-0.2, 0) is 0 Å². The van der Waals surface area contributed by atoms with E-state index < -0.39 is 0 Å². The number of hydrogen-bond acceptors (Lipinski definition) is 10. The van der Waals surface area contributed by atoms with Crippen molar-refractivity contribution in [3.8, 4) is 85.8 Å². The van der Waals surface area contributed by atoms with Crippen molar-refractivity contribution in [2.45, 2.75) is 0 Å². The van der Waals surface area contributed by atoms with Gasteiger partial charge in [0.25, 0.3) is 0 Å². The standard InChI is InChI=1S/C78H48N10/c79-49-52-18-15-21-57(44-52)55-36-38-56(39-37-55)76-82-77(64-42-40-60(58-22-16-19-53(45-58)50-80)47-74(64)87-70-32-11-7-28-66(70)85(62-24-3-1-4-25-62)67-29-8-12-33-71(67)87)84-78(83-76)65-43-41-61(59-23-17-20-54(46-59)51-81)48-75(65)88-72-34-13-9-30-68(72)86(63-26-5-2-6-27-63)69-31-10-14-35-73(69)88/h1-48H. The lowest BCUT2D eigenvalue weighted by molar-refractivity contribution is 1.07. The molecule has 2 aliphatic heterocycles. The van der Waals surface area contributed by atoms with Crippen LogP contribution in [0.5, 0.6) is 0 Å². The molecule has 15 rings (SSSR count). The third-order valence-corrected chi connectivity index (χ3v) is 16.2. The summed E-state index contributed by atoms with van der Waals surface area (Å²) in [6.45, 7) is 0. The molecular weight excluding hydrogens is 1080 g/mol. The fraction of sp³-hybridized carbons (Fsp3) is 0. The van der Waals surface area contributed by atoms with E-state index in [0.29, 0.717) is 34.2 Å². The average Bonchev–Trinajstić information content (AvgIpc) is 0.932. The molecular formula is C78H48N10. The maximum atomic E-state index is 10.2. The van der Waals surface area contributed by atoms with E-state index in [1.165, 1.54) is 0 Å². The number of aromatic nitrogens is 3. The van der Waals surface area contributed by atoms with Gasteiger partial charge in [-0.1, -0.05) is 158 Å². The Bertz CT molecular complexity index is 4650. The number of rotatable bonds is 10. The van der Waals surface area contributed by atoms with Crippen molar-refractivity contribution in [3.63, 3.8) is 0 Å². The second-order valence-corrected chi connectivity index (χ2v) is 21.4. The molecule has 13 aromatic rings. The minimum atomic E-state index is 0.421. The van der Waals surface area contributed by atoms with Crippen molar-refractivity contribution >= 4 is 68.2 Å². The molecule has 2 aliphatic rings. The molecule has 0 fully saturated rings. The van der Waals surface area contributed by atoms with Gasteiger partial charge in [-0.25, -0.2) is 15.0 Å². The Balaban J connectivity index is 1.00. The minimum absolute atomic E-state index is 0.421. The highest BCUT2D eigenvalue weighted by Gasteiger charge is 2.35. The van der Waals surface area contributed by atoms with Crippen LogP contribution in [0.1, 0.15) is 16.7 Å². The van der Waals surface area contributed by atoms with Crippen LogP contribution >= 0.6 is 0 Å². The third kappa shape index (κ3) is 9.28. The van der Waals surface area contributed by atoms with Gasteiger partial charge < -0.3 is 19.6 Å². The van der Waals surface area contributed by atoms with Crippen LogP contribution < -0.4 is 19.6 Å². The maximum Gasteiger partial charge on any atom is 0.166 e. The Morgan fingerprint density at radius 1 is 0.216 bits per heavy atom. The first kappa shape index (κ1) is 52.1. The number of benzene rings is 12. The number of para-hydroxylation sites is 10. The largest absolute Gasteiger partial charge is 0.306 e. The highest BCUT2D eigenvalue weighted by atomic mass is 15.3. The summed E-state index contributed by atoms with van der Waals surface area (Å²) in [5.41, 5.74) is 20.6. The zero-order chi connectivity index (χ0) is 59.1. The van der Waals surface area contributed by atoms with Crippen molar-refractivity contribution in [2.24, 2.45) is 0 Å². The van der Waals surface area contributed by atoms with Gasteiger partial charge in [-0.15, -0.1) is 0 Å². The van der Waals surface area contributed by atoms with Crippen molar-refractivity contribution in [3.05, 3.63) is 308 Å². The van der Waals surface area contributed by atoms with E-state index in [-0.39, 0.29) is 0 Å².